The minimum Gasteiger partial charge on any atom is -0.392 e. The van der Waals surface area contributed by atoms with Crippen LogP contribution >= 0.6 is 0 Å². The summed E-state index contributed by atoms with van der Waals surface area (Å²) in [4.78, 5) is 16.5. The van der Waals surface area contributed by atoms with Crippen LogP contribution in [0.4, 0.5) is 5.69 Å². The summed E-state index contributed by atoms with van der Waals surface area (Å²) in [5, 5.41) is 10.1. The van der Waals surface area contributed by atoms with Gasteiger partial charge in [0, 0.05) is 18.8 Å². The normalized spacial score (nSPS) is 23.9. The molecule has 0 spiro atoms. The molecular formula is C17H24N2O2. The lowest BCUT2D eigenvalue weighted by Gasteiger charge is -2.26. The molecule has 4 heteroatoms. The number of likely N-dealkylation sites (N-methyl/N-ethyl adjacent to an activating group) is 1. The average molecular weight is 288 g/mol. The monoisotopic (exact) mass is 288 g/mol. The topological polar surface area (TPSA) is 43.8 Å². The Kier molecular flexibility index (Phi) is 4.00. The smallest absolute Gasteiger partial charge is 0.244 e. The summed E-state index contributed by atoms with van der Waals surface area (Å²) in [6.07, 6.45) is 2.81. The molecule has 1 aromatic rings. The Hall–Kier alpha value is -1.39. The zero-order chi connectivity index (χ0) is 15.0. The third-order valence-electron chi connectivity index (χ3n) is 4.70. The van der Waals surface area contributed by atoms with Crippen LogP contribution in [0.25, 0.3) is 0 Å². The largest absolute Gasteiger partial charge is 0.392 e. The van der Waals surface area contributed by atoms with Crippen molar-refractivity contribution in [2.45, 2.75) is 38.3 Å². The average Bonchev–Trinajstić information content (AvgIpc) is 3.23. The zero-order valence-corrected chi connectivity index (χ0v) is 12.8. The summed E-state index contributed by atoms with van der Waals surface area (Å²) < 4.78 is 0. The number of aliphatic hydroxyl groups is 1. The van der Waals surface area contributed by atoms with Crippen molar-refractivity contribution in [1.29, 1.82) is 0 Å². The second-order valence-electron chi connectivity index (χ2n) is 6.47. The van der Waals surface area contributed by atoms with E-state index in [2.05, 4.69) is 0 Å². The lowest BCUT2D eigenvalue weighted by atomic mass is 10.1. The maximum atomic E-state index is 12.6. The third-order valence-corrected chi connectivity index (χ3v) is 4.70. The molecule has 0 bridgehead atoms. The molecule has 2 aliphatic rings. The second-order valence-corrected chi connectivity index (χ2v) is 6.47. The fraction of sp³-hybridized carbons (Fsp3) is 0.588. The van der Waals surface area contributed by atoms with Gasteiger partial charge in [0.05, 0.1) is 12.1 Å². The Morgan fingerprint density at radius 2 is 1.95 bits per heavy atom. The summed E-state index contributed by atoms with van der Waals surface area (Å²) in [6.45, 7) is 3.41. The van der Waals surface area contributed by atoms with Crippen molar-refractivity contribution in [3.63, 3.8) is 0 Å². The van der Waals surface area contributed by atoms with Crippen molar-refractivity contribution in [3.05, 3.63) is 29.8 Å². The highest BCUT2D eigenvalue weighted by Gasteiger charge is 2.37. The number of carbonyl (C=O) groups excluding carboxylic acids is 1. The van der Waals surface area contributed by atoms with Crippen LogP contribution in [-0.4, -0.2) is 48.2 Å². The standard InChI is InChI=1S/C17H24N2O2/c1-12-3-7-14(8-4-12)19-10-9-15(17(19)21)18(2)11-16(20)13-5-6-13/h3-4,7-8,13,15-16,20H,5-6,9-11H2,1-2H3. The van der Waals surface area contributed by atoms with E-state index >= 15 is 0 Å². The van der Waals surface area contributed by atoms with E-state index in [1.165, 1.54) is 5.56 Å². The first-order valence-electron chi connectivity index (χ1n) is 7.82. The number of hydrogen-bond acceptors (Lipinski definition) is 3. The third kappa shape index (κ3) is 3.11. The molecule has 0 aromatic heterocycles. The Morgan fingerprint density at radius 1 is 1.29 bits per heavy atom. The van der Waals surface area contributed by atoms with Gasteiger partial charge in [0.1, 0.15) is 0 Å². The number of aryl methyl sites for hydroxylation is 1. The molecular weight excluding hydrogens is 264 g/mol. The van der Waals surface area contributed by atoms with Gasteiger partial charge >= 0.3 is 0 Å². The molecule has 4 nitrogen and oxygen atoms in total. The molecule has 2 atom stereocenters. The van der Waals surface area contributed by atoms with Crippen LogP contribution in [0.15, 0.2) is 24.3 Å². The number of aliphatic hydroxyl groups excluding tert-OH is 1. The van der Waals surface area contributed by atoms with Crippen molar-refractivity contribution in [2.75, 3.05) is 25.0 Å². The fourth-order valence-corrected chi connectivity index (χ4v) is 3.11. The van der Waals surface area contributed by atoms with Crippen LogP contribution in [0.3, 0.4) is 0 Å². The molecule has 1 aliphatic carbocycles. The summed E-state index contributed by atoms with van der Waals surface area (Å²) in [7, 11) is 1.95. The molecule has 2 fully saturated rings. The van der Waals surface area contributed by atoms with Crippen molar-refractivity contribution in [2.24, 2.45) is 5.92 Å². The summed E-state index contributed by atoms with van der Waals surface area (Å²) in [5.41, 5.74) is 2.18. The summed E-state index contributed by atoms with van der Waals surface area (Å²) >= 11 is 0. The Bertz CT molecular complexity index is 510. The maximum absolute atomic E-state index is 12.6. The van der Waals surface area contributed by atoms with E-state index in [-0.39, 0.29) is 18.1 Å². The maximum Gasteiger partial charge on any atom is 0.244 e. The van der Waals surface area contributed by atoms with E-state index in [1.807, 2.05) is 48.0 Å². The van der Waals surface area contributed by atoms with Gasteiger partial charge in [0.25, 0.3) is 0 Å². The summed E-state index contributed by atoms with van der Waals surface area (Å²) in [5.74, 6) is 0.613. The predicted molar refractivity (Wildman–Crippen MR) is 83.3 cm³/mol. The summed E-state index contributed by atoms with van der Waals surface area (Å²) in [6, 6.07) is 8.00. The number of benzene rings is 1. The first-order chi connectivity index (χ1) is 10.1. The van der Waals surface area contributed by atoms with Gasteiger partial charge in [-0.05, 0) is 51.3 Å². The quantitative estimate of drug-likeness (QED) is 0.898. The highest BCUT2D eigenvalue weighted by molar-refractivity contribution is 5.99. The van der Waals surface area contributed by atoms with Gasteiger partial charge in [-0.2, -0.15) is 0 Å². The van der Waals surface area contributed by atoms with Crippen molar-refractivity contribution < 1.29 is 9.90 Å². The van der Waals surface area contributed by atoms with Crippen LogP contribution in [0.2, 0.25) is 0 Å². The fourth-order valence-electron chi connectivity index (χ4n) is 3.11. The molecule has 3 rings (SSSR count). The molecule has 1 saturated heterocycles. The van der Waals surface area contributed by atoms with Crippen LogP contribution in [-0.2, 0) is 4.79 Å². The molecule has 1 saturated carbocycles. The molecule has 1 aromatic carbocycles. The Morgan fingerprint density at radius 3 is 2.57 bits per heavy atom. The van der Waals surface area contributed by atoms with E-state index in [9.17, 15) is 9.90 Å². The van der Waals surface area contributed by atoms with Crippen molar-refractivity contribution in [3.8, 4) is 0 Å². The van der Waals surface area contributed by atoms with Crippen LogP contribution in [0, 0.1) is 12.8 Å². The van der Waals surface area contributed by atoms with Crippen LogP contribution in [0.1, 0.15) is 24.8 Å². The van der Waals surface area contributed by atoms with Crippen LogP contribution in [0.5, 0.6) is 0 Å². The second kappa shape index (κ2) is 5.78. The van der Waals surface area contributed by atoms with Gasteiger partial charge in [-0.3, -0.25) is 9.69 Å². The predicted octanol–water partition coefficient (Wildman–Crippen LogP) is 1.80. The number of nitrogens with zero attached hydrogens (tertiary/aromatic N) is 2. The van der Waals surface area contributed by atoms with Gasteiger partial charge in [0.15, 0.2) is 0 Å². The van der Waals surface area contributed by atoms with E-state index in [0.717, 1.165) is 31.5 Å². The number of carbonyl (C=O) groups is 1. The minimum absolute atomic E-state index is 0.0975. The molecule has 21 heavy (non-hydrogen) atoms. The highest BCUT2D eigenvalue weighted by Crippen LogP contribution is 2.33. The Balaban J connectivity index is 1.63. The van der Waals surface area contributed by atoms with E-state index in [1.54, 1.807) is 0 Å². The number of anilines is 1. The lowest BCUT2D eigenvalue weighted by molar-refractivity contribution is -0.121. The first-order valence-corrected chi connectivity index (χ1v) is 7.82. The van der Waals surface area contributed by atoms with Crippen molar-refractivity contribution in [1.82, 2.24) is 4.90 Å². The lowest BCUT2D eigenvalue weighted by Crippen LogP contribution is -2.43. The van der Waals surface area contributed by atoms with Gasteiger partial charge in [0.2, 0.25) is 5.91 Å². The van der Waals surface area contributed by atoms with Gasteiger partial charge < -0.3 is 10.0 Å². The van der Waals surface area contributed by atoms with Crippen LogP contribution < -0.4 is 4.90 Å². The molecule has 1 heterocycles. The van der Waals surface area contributed by atoms with Gasteiger partial charge in [-0.15, -0.1) is 0 Å². The molecule has 2 unspecified atom stereocenters. The molecule has 1 aliphatic heterocycles. The minimum atomic E-state index is -0.281. The SMILES string of the molecule is Cc1ccc(N2CCC(N(C)CC(O)C3CC3)C2=O)cc1. The number of hydrogen-bond donors (Lipinski definition) is 1. The van der Waals surface area contributed by atoms with E-state index < -0.39 is 0 Å². The van der Waals surface area contributed by atoms with Gasteiger partial charge in [-0.1, -0.05) is 17.7 Å². The van der Waals surface area contributed by atoms with E-state index in [0.29, 0.717) is 12.5 Å². The number of amides is 1. The molecule has 0 radical (unpaired) electrons. The Labute approximate surface area is 126 Å². The number of rotatable bonds is 5. The van der Waals surface area contributed by atoms with Gasteiger partial charge in [-0.25, -0.2) is 0 Å². The molecule has 114 valence electrons. The zero-order valence-electron chi connectivity index (χ0n) is 12.8. The molecule has 1 amide bonds. The first kappa shape index (κ1) is 14.5. The molecule has 1 N–H and O–H groups in total. The van der Waals surface area contributed by atoms with Crippen molar-refractivity contribution >= 4 is 11.6 Å². The highest BCUT2D eigenvalue weighted by atomic mass is 16.3. The van der Waals surface area contributed by atoms with E-state index in [4.69, 9.17) is 0 Å².